The molecular formula is C22H30O5. The molecule has 0 fully saturated rings. The summed E-state index contributed by atoms with van der Waals surface area (Å²) in [4.78, 5) is 22.7. The fourth-order valence-corrected chi connectivity index (χ4v) is 4.03. The van der Waals surface area contributed by atoms with Crippen molar-refractivity contribution in [3.05, 3.63) is 40.5 Å². The van der Waals surface area contributed by atoms with Crippen molar-refractivity contribution in [2.45, 2.75) is 65.2 Å². The number of aromatic hydroxyl groups is 1. The maximum Gasteiger partial charge on any atom is 0.335 e. The number of allylic oxidation sites excluding steroid dienone is 2. The van der Waals surface area contributed by atoms with Gasteiger partial charge in [-0.3, -0.25) is 4.79 Å². The van der Waals surface area contributed by atoms with Gasteiger partial charge in [0.2, 0.25) is 0 Å². The predicted molar refractivity (Wildman–Crippen MR) is 104 cm³/mol. The Bertz CT molecular complexity index is 730. The summed E-state index contributed by atoms with van der Waals surface area (Å²) in [6.45, 7) is 7.92. The van der Waals surface area contributed by atoms with Crippen LogP contribution < -0.4 is 0 Å². The van der Waals surface area contributed by atoms with E-state index >= 15 is 0 Å². The van der Waals surface area contributed by atoms with E-state index in [4.69, 9.17) is 4.74 Å². The number of carboxylic acid groups (broad SMARTS) is 1. The molecular weight excluding hydrogens is 344 g/mol. The monoisotopic (exact) mass is 374 g/mol. The third-order valence-electron chi connectivity index (χ3n) is 5.42. The van der Waals surface area contributed by atoms with Gasteiger partial charge in [-0.15, -0.1) is 0 Å². The zero-order valence-corrected chi connectivity index (χ0v) is 16.6. The van der Waals surface area contributed by atoms with E-state index < -0.39 is 5.97 Å². The standard InChI is InChI=1S/C22H30O5/c1-13(2)6-5-7-14(3)18-9-8-16(12-27-15(4)23)21-19(18)10-17(22(25)26)11-20(21)24/h6,10-11,14,16,18,24H,5,7-9,12H2,1-4H3,(H,25,26). The molecule has 1 aliphatic carbocycles. The number of phenolic OH excluding ortho intramolecular Hbond substituents is 1. The van der Waals surface area contributed by atoms with Crippen LogP contribution in [-0.4, -0.2) is 28.8 Å². The summed E-state index contributed by atoms with van der Waals surface area (Å²) in [5, 5.41) is 19.9. The summed E-state index contributed by atoms with van der Waals surface area (Å²) >= 11 is 0. The van der Waals surface area contributed by atoms with Crippen molar-refractivity contribution in [1.82, 2.24) is 0 Å². The lowest BCUT2D eigenvalue weighted by molar-refractivity contribution is -0.141. The van der Waals surface area contributed by atoms with Gasteiger partial charge in [-0.05, 0) is 69.1 Å². The van der Waals surface area contributed by atoms with Crippen LogP contribution in [0.5, 0.6) is 5.75 Å². The van der Waals surface area contributed by atoms with Crippen LogP contribution in [0.15, 0.2) is 23.8 Å². The summed E-state index contributed by atoms with van der Waals surface area (Å²) in [6.07, 6.45) is 5.89. The van der Waals surface area contributed by atoms with E-state index in [0.29, 0.717) is 5.92 Å². The topological polar surface area (TPSA) is 83.8 Å². The van der Waals surface area contributed by atoms with E-state index in [9.17, 15) is 19.8 Å². The predicted octanol–water partition coefficient (Wildman–Crippen LogP) is 5.00. The van der Waals surface area contributed by atoms with Gasteiger partial charge in [0.05, 0.1) is 12.2 Å². The number of esters is 1. The quantitative estimate of drug-likeness (QED) is 0.518. The number of carbonyl (C=O) groups excluding carboxylic acids is 1. The van der Waals surface area contributed by atoms with Crippen LogP contribution in [0.3, 0.4) is 0 Å². The molecule has 5 nitrogen and oxygen atoms in total. The Balaban J connectivity index is 2.36. The van der Waals surface area contributed by atoms with Crippen LogP contribution in [0.4, 0.5) is 0 Å². The minimum atomic E-state index is -1.05. The Hall–Kier alpha value is -2.30. The van der Waals surface area contributed by atoms with Gasteiger partial charge in [-0.1, -0.05) is 18.6 Å². The Labute approximate surface area is 161 Å². The fraction of sp³-hybridized carbons (Fsp3) is 0.545. The fourth-order valence-electron chi connectivity index (χ4n) is 4.03. The zero-order chi connectivity index (χ0) is 20.1. The van der Waals surface area contributed by atoms with Crippen LogP contribution in [0.1, 0.15) is 86.7 Å². The first-order valence-corrected chi connectivity index (χ1v) is 9.57. The van der Waals surface area contributed by atoms with Gasteiger partial charge in [-0.2, -0.15) is 0 Å². The molecule has 2 rings (SSSR count). The minimum Gasteiger partial charge on any atom is -0.508 e. The molecule has 0 aliphatic heterocycles. The van der Waals surface area contributed by atoms with Gasteiger partial charge in [-0.25, -0.2) is 4.79 Å². The second-order valence-corrected chi connectivity index (χ2v) is 7.82. The summed E-state index contributed by atoms with van der Waals surface area (Å²) in [5.41, 5.74) is 3.02. The number of hydrogen-bond acceptors (Lipinski definition) is 4. The third-order valence-corrected chi connectivity index (χ3v) is 5.42. The molecule has 3 unspecified atom stereocenters. The van der Waals surface area contributed by atoms with Crippen LogP contribution in [0.25, 0.3) is 0 Å². The Kier molecular flexibility index (Phi) is 7.05. The van der Waals surface area contributed by atoms with E-state index in [-0.39, 0.29) is 35.7 Å². The van der Waals surface area contributed by atoms with Crippen molar-refractivity contribution in [1.29, 1.82) is 0 Å². The van der Waals surface area contributed by atoms with Crippen LogP contribution in [0, 0.1) is 5.92 Å². The summed E-state index contributed by atoms with van der Waals surface area (Å²) in [5.74, 6) is -0.973. The summed E-state index contributed by atoms with van der Waals surface area (Å²) in [6, 6.07) is 3.00. The van der Waals surface area contributed by atoms with Crippen molar-refractivity contribution < 1.29 is 24.5 Å². The molecule has 27 heavy (non-hydrogen) atoms. The number of phenols is 1. The molecule has 2 N–H and O–H groups in total. The second-order valence-electron chi connectivity index (χ2n) is 7.82. The highest BCUT2D eigenvalue weighted by Crippen LogP contribution is 2.47. The average molecular weight is 374 g/mol. The first kappa shape index (κ1) is 21.0. The second kappa shape index (κ2) is 9.07. The van der Waals surface area contributed by atoms with Crippen LogP contribution in [-0.2, 0) is 9.53 Å². The molecule has 0 saturated heterocycles. The lowest BCUT2D eigenvalue weighted by atomic mass is 9.70. The highest BCUT2D eigenvalue weighted by molar-refractivity contribution is 5.88. The average Bonchev–Trinajstić information content (AvgIpc) is 2.58. The van der Waals surface area contributed by atoms with Gasteiger partial charge in [0.15, 0.2) is 0 Å². The van der Waals surface area contributed by atoms with Crippen molar-refractivity contribution in [3.63, 3.8) is 0 Å². The van der Waals surface area contributed by atoms with Crippen molar-refractivity contribution in [2.75, 3.05) is 6.61 Å². The molecule has 1 aromatic rings. The largest absolute Gasteiger partial charge is 0.508 e. The number of carbonyl (C=O) groups is 2. The van der Waals surface area contributed by atoms with Crippen LogP contribution >= 0.6 is 0 Å². The van der Waals surface area contributed by atoms with Crippen molar-refractivity contribution in [3.8, 4) is 5.75 Å². The Morgan fingerprint density at radius 3 is 2.56 bits per heavy atom. The van der Waals surface area contributed by atoms with Crippen molar-refractivity contribution >= 4 is 11.9 Å². The van der Waals surface area contributed by atoms with E-state index in [2.05, 4.69) is 26.8 Å². The number of carboxylic acids is 1. The van der Waals surface area contributed by atoms with Gasteiger partial charge in [0.25, 0.3) is 0 Å². The van der Waals surface area contributed by atoms with E-state index in [1.54, 1.807) is 6.07 Å². The third kappa shape index (κ3) is 5.34. The molecule has 0 radical (unpaired) electrons. The molecule has 0 bridgehead atoms. The number of benzene rings is 1. The number of aromatic carboxylic acids is 1. The zero-order valence-electron chi connectivity index (χ0n) is 16.6. The molecule has 5 heteroatoms. The maximum atomic E-state index is 11.5. The summed E-state index contributed by atoms with van der Waals surface area (Å²) < 4.78 is 5.18. The molecule has 3 atom stereocenters. The Morgan fingerprint density at radius 1 is 1.26 bits per heavy atom. The molecule has 0 saturated carbocycles. The van der Waals surface area contributed by atoms with E-state index in [1.165, 1.54) is 18.6 Å². The number of hydrogen-bond donors (Lipinski definition) is 2. The number of fused-ring (bicyclic) bond motifs is 1. The smallest absolute Gasteiger partial charge is 0.335 e. The minimum absolute atomic E-state index is 0.0109. The first-order valence-electron chi connectivity index (χ1n) is 9.57. The normalized spacial score (nSPS) is 19.7. The highest BCUT2D eigenvalue weighted by Gasteiger charge is 2.33. The van der Waals surface area contributed by atoms with Gasteiger partial charge >= 0.3 is 11.9 Å². The molecule has 0 aromatic heterocycles. The molecule has 0 heterocycles. The first-order chi connectivity index (χ1) is 12.7. The van der Waals surface area contributed by atoms with Crippen LogP contribution in [0.2, 0.25) is 0 Å². The lowest BCUT2D eigenvalue weighted by Crippen LogP contribution is -2.23. The number of ether oxygens (including phenoxy) is 1. The van der Waals surface area contributed by atoms with E-state index in [0.717, 1.165) is 36.8 Å². The van der Waals surface area contributed by atoms with Gasteiger partial charge in [0.1, 0.15) is 5.75 Å². The molecule has 0 amide bonds. The maximum absolute atomic E-state index is 11.5. The van der Waals surface area contributed by atoms with Gasteiger partial charge in [0, 0.05) is 18.4 Å². The molecule has 1 aliphatic rings. The molecule has 148 valence electrons. The van der Waals surface area contributed by atoms with Gasteiger partial charge < -0.3 is 14.9 Å². The Morgan fingerprint density at radius 2 is 1.96 bits per heavy atom. The lowest BCUT2D eigenvalue weighted by Gasteiger charge is -2.35. The SMILES string of the molecule is CC(=O)OCC1CCC(C(C)CCC=C(C)C)c2cc(C(=O)O)cc(O)c21. The molecule has 1 aromatic carbocycles. The number of rotatable bonds is 7. The van der Waals surface area contributed by atoms with Crippen molar-refractivity contribution in [2.24, 2.45) is 5.92 Å². The molecule has 0 spiro atoms. The highest BCUT2D eigenvalue weighted by atomic mass is 16.5. The van der Waals surface area contributed by atoms with E-state index in [1.807, 2.05) is 0 Å². The summed E-state index contributed by atoms with van der Waals surface area (Å²) in [7, 11) is 0.